The van der Waals surface area contributed by atoms with Gasteiger partial charge in [-0.2, -0.15) is 0 Å². The Hall–Kier alpha value is -0.750. The minimum atomic E-state index is -0.902. The Balaban J connectivity index is 2.63. The fraction of sp³-hybridized carbons (Fsp3) is 0.833. The number of ether oxygens (including phenoxy) is 1. The molecule has 1 aliphatic heterocycles. The number of aliphatic carboxylic acids is 1. The third-order valence-corrected chi connectivity index (χ3v) is 4.30. The maximum atomic E-state index is 12.1. The summed E-state index contributed by atoms with van der Waals surface area (Å²) in [6.07, 6.45) is 2.80. The van der Waals surface area contributed by atoms with Crippen molar-refractivity contribution in [3.05, 3.63) is 0 Å². The van der Waals surface area contributed by atoms with Gasteiger partial charge in [0, 0.05) is 25.9 Å². The van der Waals surface area contributed by atoms with Gasteiger partial charge >= 0.3 is 5.97 Å². The Morgan fingerprint density at radius 1 is 1.50 bits per heavy atom. The maximum Gasteiger partial charge on any atom is 0.327 e. The van der Waals surface area contributed by atoms with E-state index >= 15 is 0 Å². The summed E-state index contributed by atoms with van der Waals surface area (Å²) in [5.41, 5.74) is 0. The highest BCUT2D eigenvalue weighted by atomic mass is 32.2. The molecule has 0 saturated carbocycles. The number of methoxy groups -OCH3 is 1. The molecule has 0 aliphatic carbocycles. The number of rotatable bonds is 7. The van der Waals surface area contributed by atoms with Crippen molar-refractivity contribution in [1.82, 2.24) is 4.90 Å². The Kier molecular flexibility index (Phi) is 6.49. The largest absolute Gasteiger partial charge is 0.480 e. The van der Waals surface area contributed by atoms with Crippen LogP contribution in [0.5, 0.6) is 0 Å². The average Bonchev–Trinajstić information content (AvgIpc) is 2.73. The molecule has 1 saturated heterocycles. The van der Waals surface area contributed by atoms with E-state index in [4.69, 9.17) is 9.84 Å². The van der Waals surface area contributed by atoms with E-state index in [1.54, 1.807) is 23.8 Å². The van der Waals surface area contributed by atoms with Crippen LogP contribution in [-0.2, 0) is 14.3 Å². The molecule has 1 amide bonds. The van der Waals surface area contributed by atoms with Crippen LogP contribution in [0.3, 0.4) is 0 Å². The first-order valence-corrected chi connectivity index (χ1v) is 7.31. The van der Waals surface area contributed by atoms with Crippen LogP contribution in [0.4, 0.5) is 0 Å². The Morgan fingerprint density at radius 2 is 2.22 bits per heavy atom. The van der Waals surface area contributed by atoms with Gasteiger partial charge < -0.3 is 14.7 Å². The molecule has 1 rings (SSSR count). The van der Waals surface area contributed by atoms with Gasteiger partial charge in [0.1, 0.15) is 6.04 Å². The molecule has 104 valence electrons. The van der Waals surface area contributed by atoms with Crippen molar-refractivity contribution in [2.75, 3.05) is 19.5 Å². The van der Waals surface area contributed by atoms with Crippen LogP contribution in [0.15, 0.2) is 0 Å². The van der Waals surface area contributed by atoms with E-state index in [1.807, 2.05) is 6.92 Å². The van der Waals surface area contributed by atoms with Crippen LogP contribution < -0.4 is 0 Å². The summed E-state index contributed by atoms with van der Waals surface area (Å²) in [5, 5.41) is 9.18. The van der Waals surface area contributed by atoms with E-state index < -0.39 is 12.0 Å². The van der Waals surface area contributed by atoms with E-state index in [2.05, 4.69) is 0 Å². The van der Waals surface area contributed by atoms with Crippen molar-refractivity contribution in [3.63, 3.8) is 0 Å². The molecule has 1 fully saturated rings. The first-order valence-electron chi connectivity index (χ1n) is 6.26. The predicted octanol–water partition coefficient (Wildman–Crippen LogP) is 1.57. The first-order chi connectivity index (χ1) is 8.61. The van der Waals surface area contributed by atoms with E-state index in [0.717, 1.165) is 12.8 Å². The zero-order chi connectivity index (χ0) is 13.5. The minimum Gasteiger partial charge on any atom is -0.480 e. The van der Waals surface area contributed by atoms with E-state index in [-0.39, 0.29) is 11.3 Å². The average molecular weight is 275 g/mol. The second-order valence-corrected chi connectivity index (χ2v) is 5.54. The van der Waals surface area contributed by atoms with Gasteiger partial charge in [0.05, 0.1) is 5.37 Å². The zero-order valence-corrected chi connectivity index (χ0v) is 11.7. The molecule has 1 N–H and O–H groups in total. The van der Waals surface area contributed by atoms with E-state index in [1.165, 1.54) is 0 Å². The highest BCUT2D eigenvalue weighted by Gasteiger charge is 2.40. The number of carboxylic acid groups (broad SMARTS) is 1. The number of amides is 1. The summed E-state index contributed by atoms with van der Waals surface area (Å²) < 4.78 is 4.91. The monoisotopic (exact) mass is 275 g/mol. The van der Waals surface area contributed by atoms with Gasteiger partial charge in [-0.25, -0.2) is 4.79 Å². The fourth-order valence-corrected chi connectivity index (χ4v) is 3.59. The van der Waals surface area contributed by atoms with Crippen LogP contribution in [0.1, 0.15) is 32.6 Å². The summed E-state index contributed by atoms with van der Waals surface area (Å²) in [6, 6.07) is -0.665. The number of hydrogen-bond acceptors (Lipinski definition) is 4. The molecule has 0 aromatic carbocycles. The molecule has 0 spiro atoms. The summed E-state index contributed by atoms with van der Waals surface area (Å²) in [5.74, 6) is -0.472. The minimum absolute atomic E-state index is 0.0196. The van der Waals surface area contributed by atoms with Crippen LogP contribution >= 0.6 is 11.8 Å². The molecule has 0 aromatic rings. The van der Waals surface area contributed by atoms with E-state index in [0.29, 0.717) is 25.2 Å². The van der Waals surface area contributed by atoms with Crippen molar-refractivity contribution in [2.45, 2.75) is 44.0 Å². The molecule has 0 aromatic heterocycles. The van der Waals surface area contributed by atoms with Crippen molar-refractivity contribution >= 4 is 23.6 Å². The highest BCUT2D eigenvalue weighted by Crippen LogP contribution is 2.32. The van der Waals surface area contributed by atoms with Gasteiger partial charge in [0.2, 0.25) is 5.91 Å². The van der Waals surface area contributed by atoms with Gasteiger partial charge in [-0.05, 0) is 12.8 Å². The summed E-state index contributed by atoms with van der Waals surface area (Å²) >= 11 is 1.57. The normalized spacial score (nSPS) is 23.3. The molecule has 2 atom stereocenters. The summed E-state index contributed by atoms with van der Waals surface area (Å²) in [7, 11) is 1.59. The molecule has 6 heteroatoms. The second-order valence-electron chi connectivity index (χ2n) is 4.33. The molecule has 5 nitrogen and oxygen atoms in total. The zero-order valence-electron chi connectivity index (χ0n) is 10.9. The van der Waals surface area contributed by atoms with Crippen molar-refractivity contribution in [2.24, 2.45) is 0 Å². The van der Waals surface area contributed by atoms with Crippen molar-refractivity contribution in [3.8, 4) is 0 Å². The number of carbonyl (C=O) groups excluding carboxylic acids is 1. The van der Waals surface area contributed by atoms with Crippen molar-refractivity contribution in [1.29, 1.82) is 0 Å². The lowest BCUT2D eigenvalue weighted by molar-refractivity contribution is -0.149. The van der Waals surface area contributed by atoms with Gasteiger partial charge in [-0.1, -0.05) is 13.3 Å². The Morgan fingerprint density at radius 3 is 2.78 bits per heavy atom. The summed E-state index contributed by atoms with van der Waals surface area (Å²) in [4.78, 5) is 24.8. The van der Waals surface area contributed by atoms with Gasteiger partial charge in [0.25, 0.3) is 0 Å². The third-order valence-electron chi connectivity index (χ3n) is 2.94. The standard InChI is InChI=1S/C12H21NO4S/c1-3-5-11-13(9(8-18-11)12(15)16)10(14)6-4-7-17-2/h9,11H,3-8H2,1-2H3,(H,15,16). The number of carbonyl (C=O) groups is 2. The lowest BCUT2D eigenvalue weighted by Crippen LogP contribution is -2.45. The number of carboxylic acids is 1. The fourth-order valence-electron chi connectivity index (χ4n) is 2.05. The smallest absolute Gasteiger partial charge is 0.327 e. The molecule has 0 bridgehead atoms. The van der Waals surface area contributed by atoms with Crippen LogP contribution in [0, 0.1) is 0 Å². The summed E-state index contributed by atoms with van der Waals surface area (Å²) in [6.45, 7) is 2.57. The first kappa shape index (κ1) is 15.3. The molecular formula is C12H21NO4S. The highest BCUT2D eigenvalue weighted by molar-refractivity contribution is 8.00. The van der Waals surface area contributed by atoms with Gasteiger partial charge in [-0.3, -0.25) is 4.79 Å². The quantitative estimate of drug-likeness (QED) is 0.714. The predicted molar refractivity (Wildman–Crippen MR) is 70.5 cm³/mol. The number of thioether (sulfide) groups is 1. The number of hydrogen-bond donors (Lipinski definition) is 1. The molecule has 0 radical (unpaired) electrons. The van der Waals surface area contributed by atoms with Crippen LogP contribution in [-0.4, -0.2) is 52.8 Å². The van der Waals surface area contributed by atoms with Crippen LogP contribution in [0.25, 0.3) is 0 Å². The lowest BCUT2D eigenvalue weighted by atomic mass is 10.2. The lowest BCUT2D eigenvalue weighted by Gasteiger charge is -2.27. The molecular weight excluding hydrogens is 254 g/mol. The van der Waals surface area contributed by atoms with Gasteiger partial charge in [0.15, 0.2) is 0 Å². The molecule has 1 aliphatic rings. The molecule has 18 heavy (non-hydrogen) atoms. The van der Waals surface area contributed by atoms with Crippen LogP contribution in [0.2, 0.25) is 0 Å². The molecule has 2 unspecified atom stereocenters. The maximum absolute atomic E-state index is 12.1. The van der Waals surface area contributed by atoms with E-state index in [9.17, 15) is 9.59 Å². The van der Waals surface area contributed by atoms with Crippen molar-refractivity contribution < 1.29 is 19.4 Å². The SMILES string of the molecule is CCCC1SCC(C(=O)O)N1C(=O)CCCOC. The Labute approximate surface area is 112 Å². The number of nitrogens with zero attached hydrogens (tertiary/aromatic N) is 1. The topological polar surface area (TPSA) is 66.8 Å². The molecule has 1 heterocycles. The Bertz CT molecular complexity index is 298. The third kappa shape index (κ3) is 3.88. The second kappa shape index (κ2) is 7.63. The van der Waals surface area contributed by atoms with Gasteiger partial charge in [-0.15, -0.1) is 11.8 Å².